The van der Waals surface area contributed by atoms with Crippen LogP contribution in [0, 0.1) is 79.3 Å². The standard InChI is InChI=1S/C19H25B.C3H6O2.Ar.FH/c1-12-8-14(3)18(15(4)9-12)20(7)19-16(5)10-13(2)11-17(19)6;1-3-4-2-5-3;;/h8-11H,1-7H3;3H,2H2,1H3;;1H/p-1. The van der Waals surface area contributed by atoms with Crippen molar-refractivity contribution in [3.63, 3.8) is 0 Å². The van der Waals surface area contributed by atoms with Gasteiger partial charge >= 0.3 is 0 Å². The van der Waals surface area contributed by atoms with Crippen LogP contribution in [0.3, 0.4) is 0 Å². The molecule has 2 aromatic carbocycles. The second-order valence-corrected chi connectivity index (χ2v) is 7.37. The van der Waals surface area contributed by atoms with Crippen molar-refractivity contribution in [2.75, 3.05) is 6.79 Å². The summed E-state index contributed by atoms with van der Waals surface area (Å²) in [7, 11) is 0. The van der Waals surface area contributed by atoms with Crippen LogP contribution in [-0.2, 0) is 9.47 Å². The van der Waals surface area contributed by atoms with Crippen molar-refractivity contribution >= 4 is 17.6 Å². The maximum atomic E-state index is 4.71. The van der Waals surface area contributed by atoms with E-state index in [1.54, 1.807) is 0 Å². The number of hydrogen-bond donors (Lipinski definition) is 0. The van der Waals surface area contributed by atoms with Gasteiger partial charge in [-0.25, -0.2) is 0 Å². The maximum absolute atomic E-state index is 4.71. The largest absolute Gasteiger partial charge is 1.00 e. The molecule has 2 nitrogen and oxygen atoms in total. The van der Waals surface area contributed by atoms with E-state index in [-0.39, 0.29) is 48.7 Å². The summed E-state index contributed by atoms with van der Waals surface area (Å²) in [5.74, 6) is 0. The Hall–Kier alpha value is -0.385. The van der Waals surface area contributed by atoms with Crippen molar-refractivity contribution < 1.29 is 51.9 Å². The second-order valence-electron chi connectivity index (χ2n) is 7.37. The molecule has 1 aliphatic heterocycles. The zero-order chi connectivity index (χ0) is 18.7. The molecule has 27 heavy (non-hydrogen) atoms. The molecule has 0 bridgehead atoms. The molecular weight excluding hydrogens is 366 g/mol. The summed E-state index contributed by atoms with van der Waals surface area (Å²) < 4.78 is 9.42. The third kappa shape index (κ3) is 6.87. The molecule has 3 rings (SSSR count). The predicted octanol–water partition coefficient (Wildman–Crippen LogP) is 1.12. The topological polar surface area (TPSA) is 18.5 Å². The van der Waals surface area contributed by atoms with Gasteiger partial charge < -0.3 is 14.2 Å². The Morgan fingerprint density at radius 2 is 1.00 bits per heavy atom. The van der Waals surface area contributed by atoms with Gasteiger partial charge in [-0.15, -0.1) is 0 Å². The molecule has 5 heteroatoms. The summed E-state index contributed by atoms with van der Waals surface area (Å²) in [6.07, 6.45) is 0.0648. The van der Waals surface area contributed by atoms with Crippen LogP contribution in [-0.4, -0.2) is 19.8 Å². The van der Waals surface area contributed by atoms with Gasteiger partial charge in [0.15, 0.2) is 13.1 Å². The fourth-order valence-electron chi connectivity index (χ4n) is 4.10. The average Bonchev–Trinajstić information content (AvgIpc) is 2.43. The Labute approximate surface area is 194 Å². The molecule has 0 N–H and O–H groups in total. The Balaban J connectivity index is 0.000000839. The monoisotopic (exact) mass is 397 g/mol. The van der Waals surface area contributed by atoms with Crippen molar-refractivity contribution in [1.82, 2.24) is 0 Å². The predicted molar refractivity (Wildman–Crippen MR) is 109 cm³/mol. The molecule has 0 radical (unpaired) electrons. The zero-order valence-corrected chi connectivity index (χ0v) is 18.4. The second kappa shape index (κ2) is 11.6. The van der Waals surface area contributed by atoms with Gasteiger partial charge in [0.25, 0.3) is 0 Å². The van der Waals surface area contributed by atoms with Crippen LogP contribution in [0.1, 0.15) is 40.3 Å². The Morgan fingerprint density at radius 3 is 1.19 bits per heavy atom. The van der Waals surface area contributed by atoms with E-state index in [9.17, 15) is 0 Å². The van der Waals surface area contributed by atoms with Crippen LogP contribution >= 0.6 is 0 Å². The van der Waals surface area contributed by atoms with Gasteiger partial charge in [0.1, 0.15) is 0 Å². The van der Waals surface area contributed by atoms with E-state index in [1.807, 2.05) is 6.92 Å². The first-order chi connectivity index (χ1) is 11.7. The normalized spacial score (nSPS) is 12.7. The van der Waals surface area contributed by atoms with Gasteiger partial charge in [-0.2, -0.15) is 0 Å². The molecule has 1 fully saturated rings. The SMILES string of the molecule is CB(c1c(C)cc(C)cc1C)c1c(C)cc(C)cc1C.CC1OCO1.[Ar].[F-]. The molecule has 0 atom stereocenters. The average molecular weight is 397 g/mol. The molecule has 0 spiro atoms. The van der Waals surface area contributed by atoms with E-state index in [1.165, 1.54) is 44.3 Å². The molecule has 0 saturated carbocycles. The van der Waals surface area contributed by atoms with E-state index in [4.69, 9.17) is 9.47 Å². The van der Waals surface area contributed by atoms with Crippen LogP contribution in [0.4, 0.5) is 0 Å². The maximum Gasteiger partial charge on any atom is 0.207 e. The van der Waals surface area contributed by atoms with Gasteiger partial charge in [-0.1, -0.05) is 75.4 Å². The molecule has 150 valence electrons. The van der Waals surface area contributed by atoms with Crippen molar-refractivity contribution in [2.45, 2.75) is 61.6 Å². The van der Waals surface area contributed by atoms with Gasteiger partial charge in [0.2, 0.25) is 6.71 Å². The molecule has 0 amide bonds. The summed E-state index contributed by atoms with van der Waals surface area (Å²) in [6, 6.07) is 9.21. The first kappa shape index (κ1) is 26.6. The zero-order valence-electron chi connectivity index (χ0n) is 17.7. The first-order valence-electron chi connectivity index (χ1n) is 9.09. The minimum atomic E-state index is 0. The van der Waals surface area contributed by atoms with Crippen LogP contribution in [0.5, 0.6) is 0 Å². The fourth-order valence-corrected chi connectivity index (χ4v) is 4.10. The fraction of sp³-hybridized carbons (Fsp3) is 0.455. The van der Waals surface area contributed by atoms with E-state index < -0.39 is 0 Å². The quantitative estimate of drug-likeness (QED) is 0.708. The van der Waals surface area contributed by atoms with E-state index in [2.05, 4.69) is 72.6 Å². The molecule has 0 aromatic heterocycles. The summed E-state index contributed by atoms with van der Waals surface area (Å²) in [5.41, 5.74) is 11.3. The van der Waals surface area contributed by atoms with Crippen molar-refractivity contribution in [3.05, 3.63) is 57.6 Å². The Bertz CT molecular complexity index is 656. The molecular formula is C22H31ArBFO2-. The Morgan fingerprint density at radius 1 is 0.741 bits per heavy atom. The molecule has 0 aliphatic carbocycles. The molecule has 1 aliphatic rings. The number of halogens is 1. The van der Waals surface area contributed by atoms with Crippen molar-refractivity contribution in [3.8, 4) is 0 Å². The third-order valence-corrected chi connectivity index (χ3v) is 4.95. The third-order valence-electron chi connectivity index (χ3n) is 4.95. The summed E-state index contributed by atoms with van der Waals surface area (Å²) >= 11 is 0. The van der Waals surface area contributed by atoms with Crippen molar-refractivity contribution in [2.24, 2.45) is 0 Å². The van der Waals surface area contributed by atoms with Crippen LogP contribution in [0.2, 0.25) is 6.82 Å². The molecule has 2 aromatic rings. The van der Waals surface area contributed by atoms with E-state index in [0.717, 1.165) is 0 Å². The summed E-state index contributed by atoms with van der Waals surface area (Å²) in [4.78, 5) is 0. The van der Waals surface area contributed by atoms with Crippen molar-refractivity contribution in [1.29, 1.82) is 0 Å². The smallest absolute Gasteiger partial charge is 0.207 e. The van der Waals surface area contributed by atoms with Crippen LogP contribution in [0.15, 0.2) is 24.3 Å². The number of ether oxygens (including phenoxy) is 2. The number of aryl methyl sites for hydroxylation is 6. The number of benzene rings is 2. The van der Waals surface area contributed by atoms with Gasteiger partial charge in [0, 0.05) is 37.7 Å². The first-order valence-corrected chi connectivity index (χ1v) is 9.09. The van der Waals surface area contributed by atoms with Gasteiger partial charge in [0.05, 0.1) is 0 Å². The van der Waals surface area contributed by atoms with E-state index in [0.29, 0.717) is 13.5 Å². The Kier molecular flexibility index (Phi) is 11.4. The number of rotatable bonds is 2. The molecule has 1 heterocycles. The van der Waals surface area contributed by atoms with Gasteiger partial charge in [-0.05, 0) is 48.5 Å². The minimum absolute atomic E-state index is 0. The number of hydrogen-bond acceptors (Lipinski definition) is 2. The molecule has 1 saturated heterocycles. The van der Waals surface area contributed by atoms with E-state index >= 15 is 0 Å². The van der Waals surface area contributed by atoms with Crippen LogP contribution < -0.4 is 15.6 Å². The summed E-state index contributed by atoms with van der Waals surface area (Å²) in [6.45, 7) is 18.5. The molecule has 0 unspecified atom stereocenters. The summed E-state index contributed by atoms with van der Waals surface area (Å²) in [5, 5.41) is 0. The minimum Gasteiger partial charge on any atom is -1.00 e. The van der Waals surface area contributed by atoms with Crippen LogP contribution in [0.25, 0.3) is 0 Å². The van der Waals surface area contributed by atoms with Gasteiger partial charge in [-0.3, -0.25) is 0 Å².